The van der Waals surface area contributed by atoms with E-state index in [2.05, 4.69) is 26.6 Å². The van der Waals surface area contributed by atoms with Crippen molar-refractivity contribution >= 4 is 29.9 Å². The number of likely N-dealkylation sites (tertiary alicyclic amines) is 1. The molecular weight excluding hydrogens is 455 g/mol. The second-order valence-electron chi connectivity index (χ2n) is 6.62. The Balaban J connectivity index is 0.00000364. The molecule has 154 valence electrons. The number of aliphatic imine (C=N–C) groups is 1. The summed E-state index contributed by atoms with van der Waals surface area (Å²) in [4.78, 5) is 6.86. The van der Waals surface area contributed by atoms with E-state index >= 15 is 0 Å². The Labute approximate surface area is 181 Å². The number of guanidine groups is 1. The van der Waals surface area contributed by atoms with Crippen molar-refractivity contribution in [1.82, 2.24) is 15.5 Å². The van der Waals surface area contributed by atoms with Crippen LogP contribution in [-0.2, 0) is 6.42 Å². The maximum Gasteiger partial charge on any atom is 0.190 e. The fraction of sp³-hybridized carbons (Fsp3) is 0.650. The van der Waals surface area contributed by atoms with E-state index in [1.807, 2.05) is 19.2 Å². The van der Waals surface area contributed by atoms with E-state index in [-0.39, 0.29) is 24.0 Å². The van der Waals surface area contributed by atoms with Crippen LogP contribution in [0.5, 0.6) is 11.5 Å². The van der Waals surface area contributed by atoms with Crippen molar-refractivity contribution in [1.29, 1.82) is 0 Å². The summed E-state index contributed by atoms with van der Waals surface area (Å²) in [5.41, 5.74) is 1.20. The lowest BCUT2D eigenvalue weighted by Gasteiger charge is -2.15. The Kier molecular flexibility index (Phi) is 12.2. The van der Waals surface area contributed by atoms with Crippen molar-refractivity contribution in [2.24, 2.45) is 4.99 Å². The van der Waals surface area contributed by atoms with Crippen LogP contribution in [0.2, 0.25) is 0 Å². The van der Waals surface area contributed by atoms with Gasteiger partial charge in [0, 0.05) is 20.1 Å². The number of ether oxygens (including phenoxy) is 2. The largest absolute Gasteiger partial charge is 0.493 e. The topological polar surface area (TPSA) is 58.1 Å². The third-order valence-corrected chi connectivity index (χ3v) is 4.77. The zero-order valence-corrected chi connectivity index (χ0v) is 19.3. The van der Waals surface area contributed by atoms with Crippen LogP contribution in [0.4, 0.5) is 0 Å². The summed E-state index contributed by atoms with van der Waals surface area (Å²) in [6, 6.07) is 6.04. The zero-order valence-electron chi connectivity index (χ0n) is 16.9. The molecule has 0 aromatic heterocycles. The number of unbranched alkanes of at least 4 members (excludes halogenated alkanes) is 1. The number of hydrogen-bond acceptors (Lipinski definition) is 4. The van der Waals surface area contributed by atoms with Gasteiger partial charge >= 0.3 is 0 Å². The maximum atomic E-state index is 5.35. The van der Waals surface area contributed by atoms with Gasteiger partial charge in [0.2, 0.25) is 0 Å². The van der Waals surface area contributed by atoms with Gasteiger partial charge in [-0.1, -0.05) is 6.07 Å². The Bertz CT molecular complexity index is 563. The van der Waals surface area contributed by atoms with Gasteiger partial charge in [0.1, 0.15) is 0 Å². The summed E-state index contributed by atoms with van der Waals surface area (Å²) >= 11 is 0. The van der Waals surface area contributed by atoms with Crippen molar-refractivity contribution in [2.75, 3.05) is 54.0 Å². The lowest BCUT2D eigenvalue weighted by molar-refractivity contribution is 0.330. The van der Waals surface area contributed by atoms with Crippen molar-refractivity contribution in [3.8, 4) is 11.5 Å². The molecule has 1 aliphatic rings. The second kappa shape index (κ2) is 13.9. The molecule has 7 heteroatoms. The highest BCUT2D eigenvalue weighted by Gasteiger charge is 2.10. The fourth-order valence-corrected chi connectivity index (χ4v) is 3.26. The minimum Gasteiger partial charge on any atom is -0.493 e. The van der Waals surface area contributed by atoms with Crippen molar-refractivity contribution in [2.45, 2.75) is 32.1 Å². The van der Waals surface area contributed by atoms with Crippen LogP contribution in [0, 0.1) is 0 Å². The predicted octanol–water partition coefficient (Wildman–Crippen LogP) is 2.91. The highest BCUT2D eigenvalue weighted by atomic mass is 127. The monoisotopic (exact) mass is 490 g/mol. The van der Waals surface area contributed by atoms with Gasteiger partial charge in [-0.2, -0.15) is 0 Å². The average molecular weight is 490 g/mol. The summed E-state index contributed by atoms with van der Waals surface area (Å²) in [6.45, 7) is 5.58. The quantitative estimate of drug-likeness (QED) is 0.229. The van der Waals surface area contributed by atoms with Gasteiger partial charge in [-0.3, -0.25) is 4.99 Å². The van der Waals surface area contributed by atoms with E-state index in [4.69, 9.17) is 9.47 Å². The molecule has 0 spiro atoms. The number of rotatable bonds is 10. The minimum atomic E-state index is 0. The number of hydrogen-bond donors (Lipinski definition) is 2. The average Bonchev–Trinajstić information content (AvgIpc) is 3.19. The molecule has 0 saturated carbocycles. The van der Waals surface area contributed by atoms with Gasteiger partial charge in [-0.25, -0.2) is 0 Å². The zero-order chi connectivity index (χ0) is 18.6. The van der Waals surface area contributed by atoms with Crippen LogP contribution in [0.25, 0.3) is 0 Å². The summed E-state index contributed by atoms with van der Waals surface area (Å²) in [6.07, 6.45) is 6.06. The normalized spacial score (nSPS) is 14.6. The molecule has 6 nitrogen and oxygen atoms in total. The van der Waals surface area contributed by atoms with Crippen molar-refractivity contribution in [3.63, 3.8) is 0 Å². The summed E-state index contributed by atoms with van der Waals surface area (Å²) in [5.74, 6) is 2.40. The molecule has 0 bridgehead atoms. The third kappa shape index (κ3) is 8.55. The van der Waals surface area contributed by atoms with E-state index in [9.17, 15) is 0 Å². The fourth-order valence-electron chi connectivity index (χ4n) is 3.26. The molecule has 0 atom stereocenters. The van der Waals surface area contributed by atoms with Crippen LogP contribution >= 0.6 is 24.0 Å². The van der Waals surface area contributed by atoms with Gasteiger partial charge in [-0.05, 0) is 69.4 Å². The first-order chi connectivity index (χ1) is 12.8. The van der Waals surface area contributed by atoms with Crippen molar-refractivity contribution in [3.05, 3.63) is 23.8 Å². The highest BCUT2D eigenvalue weighted by Crippen LogP contribution is 2.27. The predicted molar refractivity (Wildman–Crippen MR) is 123 cm³/mol. The van der Waals surface area contributed by atoms with E-state index in [0.717, 1.165) is 37.0 Å². The molecular formula is C20H35IN4O2. The number of nitrogens with one attached hydrogen (secondary N) is 2. The Morgan fingerprint density at radius 1 is 1.04 bits per heavy atom. The summed E-state index contributed by atoms with van der Waals surface area (Å²) < 4.78 is 10.6. The molecule has 0 aliphatic carbocycles. The highest BCUT2D eigenvalue weighted by molar-refractivity contribution is 14.0. The van der Waals surface area contributed by atoms with Gasteiger partial charge in [0.25, 0.3) is 0 Å². The molecule has 0 radical (unpaired) electrons. The van der Waals surface area contributed by atoms with Crippen LogP contribution in [0.3, 0.4) is 0 Å². The molecule has 2 rings (SSSR count). The van der Waals surface area contributed by atoms with Crippen LogP contribution in [0.15, 0.2) is 23.2 Å². The van der Waals surface area contributed by atoms with Crippen LogP contribution in [0.1, 0.15) is 31.2 Å². The smallest absolute Gasteiger partial charge is 0.190 e. The molecule has 1 heterocycles. The van der Waals surface area contributed by atoms with E-state index in [0.29, 0.717) is 0 Å². The molecule has 1 aromatic carbocycles. The second-order valence-corrected chi connectivity index (χ2v) is 6.62. The van der Waals surface area contributed by atoms with Gasteiger partial charge < -0.3 is 25.0 Å². The number of methoxy groups -OCH3 is 2. The molecule has 27 heavy (non-hydrogen) atoms. The van der Waals surface area contributed by atoms with Gasteiger partial charge in [-0.15, -0.1) is 24.0 Å². The van der Waals surface area contributed by atoms with Crippen LogP contribution in [-0.4, -0.2) is 64.9 Å². The molecule has 2 N–H and O–H groups in total. The van der Waals surface area contributed by atoms with Crippen molar-refractivity contribution < 1.29 is 9.47 Å². The molecule has 0 unspecified atom stereocenters. The summed E-state index contributed by atoms with van der Waals surface area (Å²) in [5, 5.41) is 6.77. The minimum absolute atomic E-state index is 0. The van der Waals surface area contributed by atoms with E-state index < -0.39 is 0 Å². The Morgan fingerprint density at radius 3 is 2.41 bits per heavy atom. The first kappa shape index (κ1) is 23.8. The number of halogens is 1. The molecule has 1 aliphatic heterocycles. The Morgan fingerprint density at radius 2 is 1.74 bits per heavy atom. The Hall–Kier alpha value is -1.22. The van der Waals surface area contributed by atoms with Gasteiger partial charge in [0.05, 0.1) is 14.2 Å². The standard InChI is InChI=1S/C20H34N4O2.HI/c1-21-20(22-11-4-5-13-24-14-6-7-15-24)23-12-10-17-8-9-18(25-2)19(16-17)26-3;/h8-9,16H,4-7,10-15H2,1-3H3,(H2,21,22,23);1H. The van der Waals surface area contributed by atoms with Crippen LogP contribution < -0.4 is 20.1 Å². The number of benzene rings is 1. The first-order valence-corrected chi connectivity index (χ1v) is 9.64. The van der Waals surface area contributed by atoms with E-state index in [1.54, 1.807) is 14.2 Å². The molecule has 0 amide bonds. The van der Waals surface area contributed by atoms with Gasteiger partial charge in [0.15, 0.2) is 17.5 Å². The number of nitrogens with zero attached hydrogens (tertiary/aromatic N) is 2. The first-order valence-electron chi connectivity index (χ1n) is 9.64. The molecule has 1 saturated heterocycles. The summed E-state index contributed by atoms with van der Waals surface area (Å²) in [7, 11) is 5.13. The third-order valence-electron chi connectivity index (χ3n) is 4.77. The molecule has 1 fully saturated rings. The SMILES string of the molecule is CN=C(NCCCCN1CCCC1)NCCc1ccc(OC)c(OC)c1.I. The lowest BCUT2D eigenvalue weighted by Crippen LogP contribution is -2.38. The lowest BCUT2D eigenvalue weighted by atomic mass is 10.1. The maximum absolute atomic E-state index is 5.35. The molecule has 1 aromatic rings. The van der Waals surface area contributed by atoms with E-state index in [1.165, 1.54) is 50.9 Å².